The summed E-state index contributed by atoms with van der Waals surface area (Å²) in [7, 11) is 1.26. The Morgan fingerprint density at radius 1 is 1.05 bits per heavy atom. The average Bonchev–Trinajstić information content (AvgIpc) is 3.41. The smallest absolute Gasteiger partial charge is 0.417 e. The van der Waals surface area contributed by atoms with Gasteiger partial charge in [0.1, 0.15) is 29.4 Å². The molecule has 1 aliphatic carbocycles. The van der Waals surface area contributed by atoms with Gasteiger partial charge in [0, 0.05) is 35.8 Å². The minimum atomic E-state index is -4.92. The minimum Gasteiger partial charge on any atom is -0.496 e. The third-order valence-electron chi connectivity index (χ3n) is 8.55. The van der Waals surface area contributed by atoms with Crippen LogP contribution in [0.15, 0.2) is 36.7 Å². The number of carbonyl (C=O) groups excluding carboxylic acids is 1. The summed E-state index contributed by atoms with van der Waals surface area (Å²) in [4.78, 5) is 22.9. The van der Waals surface area contributed by atoms with Crippen molar-refractivity contribution >= 4 is 22.8 Å². The van der Waals surface area contributed by atoms with Crippen LogP contribution in [0.3, 0.4) is 0 Å². The largest absolute Gasteiger partial charge is 0.496 e. The first-order valence-electron chi connectivity index (χ1n) is 14.3. The van der Waals surface area contributed by atoms with Crippen LogP contribution in [0.2, 0.25) is 0 Å². The molecule has 6 rings (SSSR count). The third kappa shape index (κ3) is 5.32. The summed E-state index contributed by atoms with van der Waals surface area (Å²) in [6.07, 6.45) is 0.178. The molecule has 0 spiro atoms. The van der Waals surface area contributed by atoms with Gasteiger partial charge < -0.3 is 20.9 Å². The van der Waals surface area contributed by atoms with E-state index in [-0.39, 0.29) is 23.2 Å². The fraction of sp³-hybridized carbons (Fsp3) is 0.400. The van der Waals surface area contributed by atoms with E-state index in [2.05, 4.69) is 14.9 Å². The Labute approximate surface area is 249 Å². The molecule has 44 heavy (non-hydrogen) atoms. The van der Waals surface area contributed by atoms with E-state index in [0.717, 1.165) is 58.1 Å². The van der Waals surface area contributed by atoms with E-state index in [9.17, 15) is 18.0 Å². The van der Waals surface area contributed by atoms with Crippen molar-refractivity contribution in [3.63, 3.8) is 0 Å². The van der Waals surface area contributed by atoms with Gasteiger partial charge in [-0.2, -0.15) is 18.3 Å². The molecule has 1 saturated heterocycles. The van der Waals surface area contributed by atoms with Crippen LogP contribution in [0.1, 0.15) is 47.6 Å². The Morgan fingerprint density at radius 3 is 2.41 bits per heavy atom. The summed E-state index contributed by atoms with van der Waals surface area (Å²) in [6.45, 7) is 3.33. The number of hydrogen-bond acceptors (Lipinski definition) is 8. The first-order valence-corrected chi connectivity index (χ1v) is 14.3. The molecule has 0 radical (unpaired) electrons. The molecule has 232 valence electrons. The van der Waals surface area contributed by atoms with Crippen molar-refractivity contribution in [3.8, 4) is 28.1 Å². The fourth-order valence-electron chi connectivity index (χ4n) is 6.37. The Bertz CT molecular complexity index is 1710. The number of carbonyl (C=O) groups is 1. The van der Waals surface area contributed by atoms with E-state index in [4.69, 9.17) is 26.0 Å². The molecule has 10 nitrogen and oxygen atoms in total. The predicted octanol–water partition coefficient (Wildman–Crippen LogP) is 4.82. The van der Waals surface area contributed by atoms with Gasteiger partial charge in [0.05, 0.1) is 42.9 Å². The number of amides is 1. The zero-order valence-corrected chi connectivity index (χ0v) is 23.9. The SMILES string of the molecule is COc1cc(-c2nn(C3CCC(N4CCOCC4)CC3)c3ncnc(N)c23)ccc1-c1c(C(F)(F)F)ccc(C(N)=O)c1F. The maximum absolute atomic E-state index is 15.4. The summed E-state index contributed by atoms with van der Waals surface area (Å²) < 4.78 is 70.2. The number of nitrogens with two attached hydrogens (primary N) is 2. The first-order chi connectivity index (χ1) is 21.1. The second kappa shape index (κ2) is 11.7. The van der Waals surface area contributed by atoms with Gasteiger partial charge in [0.25, 0.3) is 5.91 Å². The van der Waals surface area contributed by atoms with Crippen molar-refractivity contribution in [2.45, 2.75) is 43.9 Å². The maximum Gasteiger partial charge on any atom is 0.417 e. The number of alkyl halides is 3. The van der Waals surface area contributed by atoms with Gasteiger partial charge >= 0.3 is 6.18 Å². The lowest BCUT2D eigenvalue weighted by molar-refractivity contribution is -0.137. The molecule has 1 saturated carbocycles. The molecule has 2 aliphatic rings. The Balaban J connectivity index is 1.41. The van der Waals surface area contributed by atoms with E-state index >= 15 is 4.39 Å². The zero-order chi connectivity index (χ0) is 31.2. The van der Waals surface area contributed by atoms with Crippen LogP contribution in [-0.2, 0) is 10.9 Å². The Hall–Kier alpha value is -4.30. The van der Waals surface area contributed by atoms with Gasteiger partial charge in [-0.3, -0.25) is 9.69 Å². The number of methoxy groups -OCH3 is 1. The number of fused-ring (bicyclic) bond motifs is 1. The molecule has 0 atom stereocenters. The van der Waals surface area contributed by atoms with E-state index in [0.29, 0.717) is 34.4 Å². The van der Waals surface area contributed by atoms with Gasteiger partial charge in [0.2, 0.25) is 0 Å². The van der Waals surface area contributed by atoms with Crippen LogP contribution in [0.25, 0.3) is 33.4 Å². The first kappa shape index (κ1) is 29.8. The Morgan fingerprint density at radius 2 is 1.75 bits per heavy atom. The summed E-state index contributed by atoms with van der Waals surface area (Å²) in [5.41, 5.74) is 9.97. The van der Waals surface area contributed by atoms with E-state index < -0.39 is 34.6 Å². The lowest BCUT2D eigenvalue weighted by Gasteiger charge is -2.38. The molecule has 1 amide bonds. The number of aromatic nitrogens is 4. The number of primary amides is 1. The van der Waals surface area contributed by atoms with E-state index in [1.54, 1.807) is 0 Å². The van der Waals surface area contributed by atoms with Crippen molar-refractivity contribution in [1.29, 1.82) is 0 Å². The molecule has 3 heterocycles. The number of benzene rings is 2. The molecule has 2 aromatic carbocycles. The number of hydrogen-bond donors (Lipinski definition) is 2. The summed E-state index contributed by atoms with van der Waals surface area (Å²) in [5.74, 6) is -2.46. The minimum absolute atomic E-state index is 0.0546. The molecule has 4 N–H and O–H groups in total. The Kier molecular flexibility index (Phi) is 7.88. The van der Waals surface area contributed by atoms with Crippen LogP contribution in [0, 0.1) is 5.82 Å². The maximum atomic E-state index is 15.4. The number of halogens is 4. The predicted molar refractivity (Wildman–Crippen MR) is 154 cm³/mol. The third-order valence-corrected chi connectivity index (χ3v) is 8.55. The van der Waals surface area contributed by atoms with E-state index in [1.807, 2.05) is 4.68 Å². The molecule has 2 fully saturated rings. The second-order valence-electron chi connectivity index (χ2n) is 11.0. The molecule has 1 aliphatic heterocycles. The van der Waals surface area contributed by atoms with Crippen molar-refractivity contribution in [2.75, 3.05) is 39.1 Å². The highest BCUT2D eigenvalue weighted by Gasteiger charge is 2.37. The molecule has 2 aromatic heterocycles. The van der Waals surface area contributed by atoms with Crippen LogP contribution < -0.4 is 16.2 Å². The number of anilines is 1. The van der Waals surface area contributed by atoms with Crippen LogP contribution in [0.5, 0.6) is 5.75 Å². The number of ether oxygens (including phenoxy) is 2. The van der Waals surface area contributed by atoms with Gasteiger partial charge in [-0.1, -0.05) is 6.07 Å². The van der Waals surface area contributed by atoms with Crippen LogP contribution in [-0.4, -0.2) is 70.0 Å². The quantitative estimate of drug-likeness (QED) is 0.296. The summed E-state index contributed by atoms with van der Waals surface area (Å²) in [6, 6.07) is 6.14. The van der Waals surface area contributed by atoms with Crippen LogP contribution >= 0.6 is 0 Å². The monoisotopic (exact) mass is 613 g/mol. The van der Waals surface area contributed by atoms with Gasteiger partial charge in [-0.15, -0.1) is 0 Å². The van der Waals surface area contributed by atoms with Crippen LogP contribution in [0.4, 0.5) is 23.4 Å². The van der Waals surface area contributed by atoms with Gasteiger partial charge in [-0.25, -0.2) is 19.0 Å². The summed E-state index contributed by atoms with van der Waals surface area (Å²) >= 11 is 0. The van der Waals surface area contributed by atoms with Crippen molar-refractivity contribution in [3.05, 3.63) is 53.6 Å². The molecular weight excluding hydrogens is 582 g/mol. The van der Waals surface area contributed by atoms with E-state index in [1.165, 1.54) is 31.6 Å². The van der Waals surface area contributed by atoms with Crippen molar-refractivity contribution < 1.29 is 31.8 Å². The second-order valence-corrected chi connectivity index (χ2v) is 11.0. The normalized spacial score (nSPS) is 19.8. The number of morpholine rings is 1. The molecule has 0 unspecified atom stereocenters. The fourth-order valence-corrected chi connectivity index (χ4v) is 6.37. The highest BCUT2D eigenvalue weighted by atomic mass is 19.4. The molecular formula is C30H31F4N7O3. The highest BCUT2D eigenvalue weighted by molar-refractivity contribution is 5.99. The lowest BCUT2D eigenvalue weighted by Crippen LogP contribution is -2.45. The van der Waals surface area contributed by atoms with Crippen molar-refractivity contribution in [2.24, 2.45) is 5.73 Å². The number of rotatable bonds is 6. The van der Waals surface area contributed by atoms with Crippen molar-refractivity contribution in [1.82, 2.24) is 24.6 Å². The zero-order valence-electron chi connectivity index (χ0n) is 23.9. The van der Waals surface area contributed by atoms with Gasteiger partial charge in [-0.05, 0) is 49.9 Å². The van der Waals surface area contributed by atoms with Gasteiger partial charge in [0.15, 0.2) is 5.65 Å². The highest BCUT2D eigenvalue weighted by Crippen LogP contribution is 2.45. The topological polar surface area (TPSA) is 134 Å². The molecule has 0 bridgehead atoms. The summed E-state index contributed by atoms with van der Waals surface area (Å²) in [5, 5.41) is 5.40. The molecule has 14 heteroatoms. The molecule has 4 aromatic rings. The standard InChI is InChI=1S/C30H31F4N7O3/c1-43-22-14-16(2-7-19(22)23-21(30(32,33)34)9-8-20(25(23)31)28(36)42)26-24-27(35)37-15-38-29(24)41(39-26)18-5-3-17(4-6-18)40-10-12-44-13-11-40/h2,7-9,14-15,17-18H,3-6,10-13H2,1H3,(H2,36,42)(H2,35,37,38). The number of nitrogen functional groups attached to an aromatic ring is 1. The lowest BCUT2D eigenvalue weighted by atomic mass is 9.90. The number of nitrogens with zero attached hydrogens (tertiary/aromatic N) is 5. The average molecular weight is 614 g/mol.